The minimum absolute atomic E-state index is 0.143. The zero-order chi connectivity index (χ0) is 22.9. The second-order valence-corrected chi connectivity index (χ2v) is 7.33. The molecule has 1 saturated heterocycles. The molecule has 31 heavy (non-hydrogen) atoms. The lowest BCUT2D eigenvalue weighted by molar-refractivity contribution is -0.137. The molecular weight excluding hydrogens is 438 g/mol. The molecule has 164 valence electrons. The normalized spacial score (nSPS) is 19.8. The largest absolute Gasteiger partial charge is 0.417 e. The van der Waals surface area contributed by atoms with E-state index in [1.807, 2.05) is 0 Å². The number of benzene rings is 1. The Morgan fingerprint density at radius 2 is 2.06 bits per heavy atom. The molecule has 2 N–H and O–H groups in total. The molecule has 0 bridgehead atoms. The van der Waals surface area contributed by atoms with Gasteiger partial charge in [0.1, 0.15) is 11.5 Å². The number of nitrogens with zero attached hydrogens (tertiary/aromatic N) is 4. The Kier molecular flexibility index (Phi) is 6.30. The fraction of sp³-hybridized carbons (Fsp3) is 0.300. The molecule has 6 nitrogen and oxygen atoms in total. The summed E-state index contributed by atoms with van der Waals surface area (Å²) in [5.41, 5.74) is -0.270. The van der Waals surface area contributed by atoms with E-state index in [-0.39, 0.29) is 30.1 Å². The van der Waals surface area contributed by atoms with E-state index in [1.54, 1.807) is 13.8 Å². The van der Waals surface area contributed by atoms with E-state index in [4.69, 9.17) is 17.4 Å². The van der Waals surface area contributed by atoms with Gasteiger partial charge in [0, 0.05) is 13.0 Å². The number of aryl methyl sites for hydroxylation is 1. The molecule has 1 amide bonds. The van der Waals surface area contributed by atoms with Crippen molar-refractivity contribution in [1.29, 1.82) is 0 Å². The summed E-state index contributed by atoms with van der Waals surface area (Å²) >= 11 is 5.90. The maximum atomic E-state index is 13.4. The van der Waals surface area contributed by atoms with E-state index in [0.717, 1.165) is 18.3 Å². The molecule has 2 aromatic rings. The van der Waals surface area contributed by atoms with Crippen molar-refractivity contribution in [2.45, 2.75) is 32.5 Å². The van der Waals surface area contributed by atoms with Crippen LogP contribution in [0.1, 0.15) is 34.8 Å². The van der Waals surface area contributed by atoms with Crippen LogP contribution in [0.4, 0.5) is 23.4 Å². The highest BCUT2D eigenvalue weighted by Crippen LogP contribution is 2.37. The van der Waals surface area contributed by atoms with Gasteiger partial charge in [-0.2, -0.15) is 18.3 Å². The first kappa shape index (κ1) is 22.7. The van der Waals surface area contributed by atoms with Crippen molar-refractivity contribution in [3.8, 4) is 0 Å². The van der Waals surface area contributed by atoms with Crippen molar-refractivity contribution in [3.63, 3.8) is 0 Å². The lowest BCUT2D eigenvalue weighted by atomic mass is 9.97. The van der Waals surface area contributed by atoms with Crippen LogP contribution in [0.2, 0.25) is 5.02 Å². The number of halogens is 5. The summed E-state index contributed by atoms with van der Waals surface area (Å²) in [5, 5.41) is 3.07. The average Bonchev–Trinajstić information content (AvgIpc) is 2.70. The third-order valence-electron chi connectivity index (χ3n) is 4.96. The Hall–Kier alpha value is -3.01. The van der Waals surface area contributed by atoms with Gasteiger partial charge in [-0.15, -0.1) is 0 Å². The zero-order valence-corrected chi connectivity index (χ0v) is 17.3. The number of rotatable bonds is 2. The molecule has 0 radical (unpaired) electrons. The Morgan fingerprint density at radius 1 is 1.35 bits per heavy atom. The van der Waals surface area contributed by atoms with E-state index in [9.17, 15) is 22.4 Å². The molecule has 1 atom stereocenters. The Balaban J connectivity index is 1.91. The lowest BCUT2D eigenvalue weighted by Gasteiger charge is -2.35. The first-order valence-corrected chi connectivity index (χ1v) is 9.57. The minimum atomic E-state index is -4.69. The number of alkyl halides is 3. The monoisotopic (exact) mass is 455 g/mol. The number of aliphatic imine (C=N–C) groups is 1. The van der Waals surface area contributed by atoms with E-state index in [1.165, 1.54) is 17.0 Å². The van der Waals surface area contributed by atoms with E-state index < -0.39 is 34.5 Å². The summed E-state index contributed by atoms with van der Waals surface area (Å²) in [5.74, 6) is 4.62. The number of nitrogens with two attached hydrogens (primary N) is 1. The van der Waals surface area contributed by atoms with Crippen molar-refractivity contribution in [3.05, 3.63) is 58.0 Å². The Morgan fingerprint density at radius 3 is 2.68 bits per heavy atom. The number of carbonyl (C=O) groups is 1. The van der Waals surface area contributed by atoms with Gasteiger partial charge in [0.2, 0.25) is 0 Å². The molecule has 1 aromatic carbocycles. The maximum absolute atomic E-state index is 13.4. The smallest absolute Gasteiger partial charge is 0.330 e. The van der Waals surface area contributed by atoms with Crippen LogP contribution < -0.4 is 5.84 Å². The van der Waals surface area contributed by atoms with Gasteiger partial charge in [-0.3, -0.25) is 4.79 Å². The Labute approximate surface area is 180 Å². The molecule has 1 aliphatic heterocycles. The number of hydrogen-bond acceptors (Lipinski definition) is 5. The number of likely N-dealkylation sites (tertiary alicyclic amines) is 1. The second kappa shape index (κ2) is 8.62. The summed E-state index contributed by atoms with van der Waals surface area (Å²) in [6, 6.07) is 3.96. The summed E-state index contributed by atoms with van der Waals surface area (Å²) in [4.78, 5) is 22.6. The van der Waals surface area contributed by atoms with Crippen molar-refractivity contribution in [1.82, 2.24) is 9.88 Å². The van der Waals surface area contributed by atoms with Gasteiger partial charge in [-0.25, -0.2) is 14.4 Å². The highest BCUT2D eigenvalue weighted by molar-refractivity contribution is 6.45. The number of hydrazone groups is 1. The van der Waals surface area contributed by atoms with Gasteiger partial charge < -0.3 is 10.7 Å². The second-order valence-electron chi connectivity index (χ2n) is 6.95. The SMILES string of the molecule is Cc1cc(N=C2CCN(C(=O)c3cccc(C(F)(F)F)c3Cl)[C@@H](C)C2=NN)ncc1F. The fourth-order valence-corrected chi connectivity index (χ4v) is 3.62. The van der Waals surface area contributed by atoms with Crippen LogP contribution >= 0.6 is 11.6 Å². The molecule has 1 aromatic heterocycles. The lowest BCUT2D eigenvalue weighted by Crippen LogP contribution is -2.51. The van der Waals surface area contributed by atoms with Crippen LogP contribution in [-0.4, -0.2) is 39.8 Å². The van der Waals surface area contributed by atoms with Crippen molar-refractivity contribution in [2.24, 2.45) is 15.9 Å². The van der Waals surface area contributed by atoms with E-state index in [2.05, 4.69) is 15.1 Å². The van der Waals surface area contributed by atoms with Gasteiger partial charge in [-0.05, 0) is 37.6 Å². The summed E-state index contributed by atoms with van der Waals surface area (Å²) < 4.78 is 52.9. The van der Waals surface area contributed by atoms with Gasteiger partial charge >= 0.3 is 6.18 Å². The number of pyridine rings is 1. The van der Waals surface area contributed by atoms with Crippen LogP contribution in [0.25, 0.3) is 0 Å². The minimum Gasteiger partial charge on any atom is -0.330 e. The number of piperidine rings is 1. The van der Waals surface area contributed by atoms with Crippen molar-refractivity contribution < 1.29 is 22.4 Å². The number of amides is 1. The van der Waals surface area contributed by atoms with Crippen LogP contribution in [-0.2, 0) is 6.18 Å². The standard InChI is InChI=1S/C20H18ClF4N5O/c1-10-8-16(27-9-14(10)22)28-15-6-7-30(11(2)18(15)29-26)19(31)12-4-3-5-13(17(12)21)20(23,24)25/h3-5,8-9,11H,6-7,26H2,1-2H3/t11-/m0/s1. The van der Waals surface area contributed by atoms with Gasteiger partial charge in [0.15, 0.2) is 5.82 Å². The van der Waals surface area contributed by atoms with Crippen LogP contribution in [0, 0.1) is 12.7 Å². The van der Waals surface area contributed by atoms with Crippen LogP contribution in [0.15, 0.2) is 40.6 Å². The highest BCUT2D eigenvalue weighted by atomic mass is 35.5. The molecule has 0 saturated carbocycles. The molecule has 3 rings (SSSR count). The molecule has 2 heterocycles. The first-order chi connectivity index (χ1) is 14.5. The zero-order valence-electron chi connectivity index (χ0n) is 16.5. The molecule has 1 fully saturated rings. The average molecular weight is 456 g/mol. The summed E-state index contributed by atoms with van der Waals surface area (Å²) in [6.45, 7) is 3.34. The van der Waals surface area contributed by atoms with Crippen molar-refractivity contribution in [2.75, 3.05) is 6.54 Å². The first-order valence-electron chi connectivity index (χ1n) is 9.19. The maximum Gasteiger partial charge on any atom is 0.417 e. The number of hydrogen-bond donors (Lipinski definition) is 1. The van der Waals surface area contributed by atoms with Gasteiger partial charge in [0.25, 0.3) is 5.91 Å². The molecule has 1 aliphatic rings. The van der Waals surface area contributed by atoms with Gasteiger partial charge in [0.05, 0.1) is 34.1 Å². The predicted octanol–water partition coefficient (Wildman–Crippen LogP) is 4.52. The topological polar surface area (TPSA) is 83.9 Å². The Bertz CT molecular complexity index is 1080. The molecular formula is C20H18ClF4N5O. The molecule has 0 spiro atoms. The molecule has 0 aliphatic carbocycles. The molecule has 11 heteroatoms. The number of aromatic nitrogens is 1. The van der Waals surface area contributed by atoms with E-state index in [0.29, 0.717) is 11.3 Å². The molecule has 0 unspecified atom stereocenters. The summed E-state index contributed by atoms with van der Waals surface area (Å²) in [7, 11) is 0. The van der Waals surface area contributed by atoms with Crippen LogP contribution in [0.3, 0.4) is 0 Å². The van der Waals surface area contributed by atoms with Crippen molar-refractivity contribution >= 4 is 34.7 Å². The fourth-order valence-electron chi connectivity index (χ4n) is 3.30. The predicted molar refractivity (Wildman–Crippen MR) is 109 cm³/mol. The summed E-state index contributed by atoms with van der Waals surface area (Å²) in [6.07, 6.45) is -3.42. The van der Waals surface area contributed by atoms with Gasteiger partial charge in [-0.1, -0.05) is 17.7 Å². The third kappa shape index (κ3) is 4.53. The third-order valence-corrected chi connectivity index (χ3v) is 5.37. The highest BCUT2D eigenvalue weighted by Gasteiger charge is 2.37. The quantitative estimate of drug-likeness (QED) is 0.410. The van der Waals surface area contributed by atoms with Crippen LogP contribution in [0.5, 0.6) is 0 Å². The number of carbonyl (C=O) groups excluding carboxylic acids is 1. The van der Waals surface area contributed by atoms with E-state index >= 15 is 0 Å².